The third-order valence-electron chi connectivity index (χ3n) is 16.4. The number of nitrogens with one attached hydrogen (secondary N) is 1. The maximum absolute atomic E-state index is 15.4. The van der Waals surface area contributed by atoms with Crippen LogP contribution in [0.25, 0.3) is 50.3 Å². The molecule has 7 N–H and O–H groups in total. The highest BCUT2D eigenvalue weighted by atomic mass is 33.1. The fourth-order valence-corrected chi connectivity index (χ4v) is 18.1. The average molecular weight is 1060 g/mol. The largest absolute Gasteiger partial charge is 0.507 e. The summed E-state index contributed by atoms with van der Waals surface area (Å²) >= 11 is 0. The Balaban J connectivity index is 1.06. The second-order valence-corrected chi connectivity index (χ2v) is 26.7. The molecular formula is C59H63NO9S4. The van der Waals surface area contributed by atoms with Crippen LogP contribution in [-0.2, 0) is 18.6 Å². The summed E-state index contributed by atoms with van der Waals surface area (Å²) in [4.78, 5) is 15.4. The van der Waals surface area contributed by atoms with Gasteiger partial charge in [-0.25, -0.2) is 0 Å². The van der Waals surface area contributed by atoms with Crippen LogP contribution in [-0.4, -0.2) is 73.1 Å². The van der Waals surface area contributed by atoms with Crippen molar-refractivity contribution >= 4 is 71.0 Å². The number of fused-ring (bicyclic) bond motifs is 10. The fourth-order valence-electron chi connectivity index (χ4n) is 12.9. The van der Waals surface area contributed by atoms with Crippen molar-refractivity contribution in [1.29, 1.82) is 0 Å². The van der Waals surface area contributed by atoms with Gasteiger partial charge in [0, 0.05) is 71.4 Å². The molecule has 73 heavy (non-hydrogen) atoms. The molecule has 6 aromatic rings. The zero-order valence-corrected chi connectivity index (χ0v) is 44.5. The predicted octanol–water partition coefficient (Wildman–Crippen LogP) is 12.7. The standard InChI is InChI=1S/C59H63NO9S4/c1-29(2)20-34-23-39(42-27-71-72-28-43(60-35-10-4-3-5-11-35)33-9-6-8-30(21-33)22-38(42)53(34)64)57-56(67)55(66)52-47(69-57)26-45(63)50-40-24-37-31(17-18-61)13-14-32-15-16-36-51(48(32)37)49(40)41-25-46(68-58(50)52)44(62)12-7-19-70-73-59(36)54(41)65/h6,8-9,13-16,21,23-24,26,29,31,35,41,43-44,46,54,59-65,67H,3-5,7,10-12,17-20,22,25,27-28H2,1-2H3. The first kappa shape index (κ1) is 49.6. The first-order valence-corrected chi connectivity index (χ1v) is 31.1. The van der Waals surface area contributed by atoms with Gasteiger partial charge in [-0.3, -0.25) is 4.79 Å². The van der Waals surface area contributed by atoms with Crippen molar-refractivity contribution in [2.45, 2.75) is 138 Å². The lowest BCUT2D eigenvalue weighted by molar-refractivity contribution is 0.00975. The maximum atomic E-state index is 15.4. The van der Waals surface area contributed by atoms with Gasteiger partial charge < -0.3 is 45.1 Å². The molecule has 12 rings (SSSR count). The molecule has 1 aromatic heterocycles. The zero-order valence-electron chi connectivity index (χ0n) is 41.2. The highest BCUT2D eigenvalue weighted by Crippen LogP contribution is 2.60. The molecule has 5 bridgehead atoms. The van der Waals surface area contributed by atoms with Crippen molar-refractivity contribution < 1.29 is 39.8 Å². The second-order valence-electron chi connectivity index (χ2n) is 21.5. The number of allylic oxidation sites excluding steroid dienone is 1. The molecule has 1 saturated carbocycles. The molecule has 0 amide bonds. The van der Waals surface area contributed by atoms with Gasteiger partial charge >= 0.3 is 0 Å². The summed E-state index contributed by atoms with van der Waals surface area (Å²) in [5.41, 5.74) is 8.77. The van der Waals surface area contributed by atoms with Crippen LogP contribution in [0.4, 0.5) is 0 Å². The average Bonchev–Trinajstić information content (AvgIpc) is 3.40. The van der Waals surface area contributed by atoms with E-state index in [1.165, 1.54) is 43.7 Å². The van der Waals surface area contributed by atoms with E-state index < -0.39 is 35.4 Å². The number of ether oxygens (including phenoxy) is 1. The van der Waals surface area contributed by atoms with Crippen molar-refractivity contribution in [3.05, 3.63) is 121 Å². The van der Waals surface area contributed by atoms with Crippen LogP contribution >= 0.6 is 43.2 Å². The summed E-state index contributed by atoms with van der Waals surface area (Å²) in [7, 11) is 6.79. The number of aliphatic hydroxyl groups is 3. The van der Waals surface area contributed by atoms with Crippen molar-refractivity contribution in [3.63, 3.8) is 0 Å². The minimum atomic E-state index is -0.984. The molecule has 382 valence electrons. The summed E-state index contributed by atoms with van der Waals surface area (Å²) in [5, 5.41) is 78.1. The molecule has 10 nitrogen and oxygen atoms in total. The van der Waals surface area contributed by atoms with E-state index in [0.717, 1.165) is 55.7 Å². The molecule has 0 radical (unpaired) electrons. The van der Waals surface area contributed by atoms with Crippen molar-refractivity contribution in [2.75, 3.05) is 18.1 Å². The Kier molecular flexibility index (Phi) is 13.8. The van der Waals surface area contributed by atoms with Crippen LogP contribution in [0.15, 0.2) is 69.9 Å². The van der Waals surface area contributed by atoms with Crippen LogP contribution in [0.5, 0.6) is 23.0 Å². The summed E-state index contributed by atoms with van der Waals surface area (Å²) in [6, 6.07) is 18.8. The minimum absolute atomic E-state index is 0.000302. The number of rotatable bonds is 7. The van der Waals surface area contributed by atoms with Crippen molar-refractivity contribution in [1.82, 2.24) is 5.32 Å². The summed E-state index contributed by atoms with van der Waals surface area (Å²) in [6.45, 7) is 4.14. The van der Waals surface area contributed by atoms with E-state index in [1.54, 1.807) is 43.2 Å². The molecule has 3 aliphatic heterocycles. The van der Waals surface area contributed by atoms with Crippen LogP contribution in [0.2, 0.25) is 0 Å². The van der Waals surface area contributed by atoms with Gasteiger partial charge in [-0.2, -0.15) is 0 Å². The van der Waals surface area contributed by atoms with Crippen LogP contribution in [0, 0.1) is 5.92 Å². The quantitative estimate of drug-likeness (QED) is 0.0753. The second kappa shape index (κ2) is 20.4. The third kappa shape index (κ3) is 8.87. The molecule has 7 atom stereocenters. The van der Waals surface area contributed by atoms with Gasteiger partial charge in [-0.1, -0.05) is 125 Å². The first-order chi connectivity index (χ1) is 35.5. The van der Waals surface area contributed by atoms with E-state index in [2.05, 4.69) is 67.7 Å². The van der Waals surface area contributed by atoms with Crippen molar-refractivity contribution in [2.24, 2.45) is 5.92 Å². The molecule has 7 unspecified atom stereocenters. The normalized spacial score (nSPS) is 24.9. The number of hydrogen-bond donors (Lipinski definition) is 7. The highest BCUT2D eigenvalue weighted by Gasteiger charge is 2.46. The Morgan fingerprint density at radius 1 is 0.849 bits per heavy atom. The summed E-state index contributed by atoms with van der Waals surface area (Å²) < 4.78 is 13.8. The third-order valence-corrected chi connectivity index (χ3v) is 21.5. The number of benzene rings is 5. The van der Waals surface area contributed by atoms with E-state index in [-0.39, 0.29) is 75.7 Å². The molecule has 1 saturated heterocycles. The number of aromatic hydroxyl groups is 3. The number of hydrogen-bond acceptors (Lipinski definition) is 14. The lowest BCUT2D eigenvalue weighted by atomic mass is 9.69. The fraction of sp³-hybridized carbons (Fsp3) is 0.441. The lowest BCUT2D eigenvalue weighted by Gasteiger charge is -2.42. The molecule has 3 aliphatic carbocycles. The monoisotopic (exact) mass is 1060 g/mol. The van der Waals surface area contributed by atoms with E-state index in [4.69, 9.17) is 9.15 Å². The molecule has 4 heterocycles. The molecular weight excluding hydrogens is 995 g/mol. The van der Waals surface area contributed by atoms with E-state index in [1.807, 2.05) is 12.1 Å². The molecule has 6 aliphatic rings. The first-order valence-electron chi connectivity index (χ1n) is 26.2. The highest BCUT2D eigenvalue weighted by molar-refractivity contribution is 8.77. The van der Waals surface area contributed by atoms with Crippen molar-refractivity contribution in [3.8, 4) is 45.4 Å². The van der Waals surface area contributed by atoms with E-state index in [0.29, 0.717) is 66.2 Å². The topological polar surface area (TPSA) is 173 Å². The maximum Gasteiger partial charge on any atom is 0.238 e. The minimum Gasteiger partial charge on any atom is -0.507 e. The molecule has 5 aromatic carbocycles. The van der Waals surface area contributed by atoms with Crippen LogP contribution in [0.1, 0.15) is 145 Å². The molecule has 0 spiro atoms. The summed E-state index contributed by atoms with van der Waals surface area (Å²) in [5.74, 6) is 0.819. The molecule has 2 fully saturated rings. The number of phenols is 2. The van der Waals surface area contributed by atoms with Gasteiger partial charge in [-0.15, -0.1) is 0 Å². The number of aliphatic hydroxyl groups excluding tert-OH is 3. The predicted molar refractivity (Wildman–Crippen MR) is 299 cm³/mol. The Labute approximate surface area is 441 Å². The Bertz CT molecular complexity index is 3240. The smallest absolute Gasteiger partial charge is 0.238 e. The van der Waals surface area contributed by atoms with Crippen LogP contribution in [0.3, 0.4) is 0 Å². The summed E-state index contributed by atoms with van der Waals surface area (Å²) in [6.07, 6.45) is 10.3. The Morgan fingerprint density at radius 3 is 2.52 bits per heavy atom. The van der Waals surface area contributed by atoms with Gasteiger partial charge in [0.15, 0.2) is 5.76 Å². The van der Waals surface area contributed by atoms with Crippen LogP contribution < -0.4 is 15.5 Å². The van der Waals surface area contributed by atoms with E-state index in [9.17, 15) is 30.6 Å². The molecule has 14 heteroatoms. The zero-order chi connectivity index (χ0) is 50.2. The van der Waals surface area contributed by atoms with Gasteiger partial charge in [0.05, 0.1) is 23.0 Å². The SMILES string of the molecule is CC(C)Cc1cc(-c2oc3cc(O)c4c(c3c(=O)c2O)OC2CC3c5c-4cc4c6c(ccc(c56)C(SSCCCC2O)C3O)C=CC4CCO)c2c(c1O)Cc1cccc(c1)C(NC1CCCCC1)CSSC2. The Hall–Kier alpha value is -4.25. The van der Waals surface area contributed by atoms with Gasteiger partial charge in [-0.05, 0) is 124 Å². The number of phenolic OH excluding ortho intramolecular Hbond substituents is 2. The van der Waals surface area contributed by atoms with E-state index >= 15 is 4.79 Å². The Morgan fingerprint density at radius 2 is 1.70 bits per heavy atom. The van der Waals surface area contributed by atoms with Gasteiger partial charge in [0.1, 0.15) is 34.3 Å². The van der Waals surface area contributed by atoms with Gasteiger partial charge in [0.2, 0.25) is 11.2 Å². The lowest BCUT2D eigenvalue weighted by Crippen LogP contribution is -2.39. The van der Waals surface area contributed by atoms with Gasteiger partial charge in [0.25, 0.3) is 0 Å².